The van der Waals surface area contributed by atoms with Gasteiger partial charge in [0.15, 0.2) is 0 Å². The highest BCUT2D eigenvalue weighted by molar-refractivity contribution is 5.40. The summed E-state index contributed by atoms with van der Waals surface area (Å²) in [7, 11) is 1.68. The quantitative estimate of drug-likeness (QED) is 0.728. The summed E-state index contributed by atoms with van der Waals surface area (Å²) in [5.74, 6) is 1.77. The first-order valence-corrected chi connectivity index (χ1v) is 6.70. The molecule has 3 nitrogen and oxygen atoms in total. The SMILES string of the molecule is C=C(C)CCOc1ccc(OC)cc1CNC(C)C. The van der Waals surface area contributed by atoms with Crippen molar-refractivity contribution in [2.45, 2.75) is 39.8 Å². The second-order valence-corrected chi connectivity index (χ2v) is 5.06. The van der Waals surface area contributed by atoms with Crippen LogP contribution in [-0.4, -0.2) is 19.8 Å². The molecule has 0 saturated carbocycles. The number of benzene rings is 1. The van der Waals surface area contributed by atoms with Gasteiger partial charge in [-0.1, -0.05) is 19.4 Å². The molecule has 0 amide bonds. The topological polar surface area (TPSA) is 30.5 Å². The first kappa shape index (κ1) is 15.6. The van der Waals surface area contributed by atoms with Crippen LogP contribution in [0.1, 0.15) is 32.8 Å². The number of hydrogen-bond acceptors (Lipinski definition) is 3. The molecule has 0 atom stereocenters. The van der Waals surface area contributed by atoms with Gasteiger partial charge in [-0.3, -0.25) is 0 Å². The highest BCUT2D eigenvalue weighted by Gasteiger charge is 2.06. The summed E-state index contributed by atoms with van der Waals surface area (Å²) < 4.78 is 11.1. The Labute approximate surface area is 116 Å². The van der Waals surface area contributed by atoms with Crippen molar-refractivity contribution in [3.63, 3.8) is 0 Å². The third kappa shape index (κ3) is 5.79. The maximum Gasteiger partial charge on any atom is 0.124 e. The molecule has 0 aromatic heterocycles. The van der Waals surface area contributed by atoms with Gasteiger partial charge in [0, 0.05) is 24.6 Å². The molecular weight excluding hydrogens is 238 g/mol. The molecule has 0 bridgehead atoms. The maximum absolute atomic E-state index is 5.82. The summed E-state index contributed by atoms with van der Waals surface area (Å²) >= 11 is 0. The Balaban J connectivity index is 2.73. The first-order chi connectivity index (χ1) is 9.02. The largest absolute Gasteiger partial charge is 0.497 e. The lowest BCUT2D eigenvalue weighted by molar-refractivity contribution is 0.316. The smallest absolute Gasteiger partial charge is 0.124 e. The van der Waals surface area contributed by atoms with Crippen molar-refractivity contribution in [2.75, 3.05) is 13.7 Å². The predicted octanol–water partition coefficient (Wildman–Crippen LogP) is 3.54. The van der Waals surface area contributed by atoms with Gasteiger partial charge in [0.05, 0.1) is 13.7 Å². The molecule has 0 aliphatic heterocycles. The Bertz CT molecular complexity index is 413. The van der Waals surface area contributed by atoms with Crippen molar-refractivity contribution < 1.29 is 9.47 Å². The Hall–Kier alpha value is -1.48. The average molecular weight is 263 g/mol. The van der Waals surface area contributed by atoms with Crippen LogP contribution in [0, 0.1) is 0 Å². The van der Waals surface area contributed by atoms with Crippen LogP contribution in [0.2, 0.25) is 0 Å². The van der Waals surface area contributed by atoms with Crippen LogP contribution in [0.25, 0.3) is 0 Å². The van der Waals surface area contributed by atoms with E-state index in [2.05, 4.69) is 25.7 Å². The molecular formula is C16H25NO2. The minimum absolute atomic E-state index is 0.439. The minimum atomic E-state index is 0.439. The monoisotopic (exact) mass is 263 g/mol. The van der Waals surface area contributed by atoms with Gasteiger partial charge >= 0.3 is 0 Å². The van der Waals surface area contributed by atoms with Crippen molar-refractivity contribution in [1.82, 2.24) is 5.32 Å². The summed E-state index contributed by atoms with van der Waals surface area (Å²) in [4.78, 5) is 0. The summed E-state index contributed by atoms with van der Waals surface area (Å²) in [5, 5.41) is 3.40. The first-order valence-electron chi connectivity index (χ1n) is 6.70. The van der Waals surface area contributed by atoms with Crippen LogP contribution in [0.3, 0.4) is 0 Å². The fourth-order valence-electron chi connectivity index (χ4n) is 1.61. The minimum Gasteiger partial charge on any atom is -0.497 e. The molecule has 0 aliphatic rings. The number of hydrogen-bond donors (Lipinski definition) is 1. The van der Waals surface area contributed by atoms with Crippen LogP contribution in [0.4, 0.5) is 0 Å². The molecule has 1 aromatic carbocycles. The van der Waals surface area contributed by atoms with E-state index in [1.165, 1.54) is 0 Å². The van der Waals surface area contributed by atoms with Gasteiger partial charge in [0.1, 0.15) is 11.5 Å². The van der Waals surface area contributed by atoms with Gasteiger partial charge < -0.3 is 14.8 Å². The molecule has 1 rings (SSSR count). The van der Waals surface area contributed by atoms with Crippen molar-refractivity contribution in [3.8, 4) is 11.5 Å². The summed E-state index contributed by atoms with van der Waals surface area (Å²) in [5.41, 5.74) is 2.25. The Morgan fingerprint density at radius 2 is 2.11 bits per heavy atom. The van der Waals surface area contributed by atoms with E-state index in [-0.39, 0.29) is 0 Å². The summed E-state index contributed by atoms with van der Waals surface area (Å²) in [6.07, 6.45) is 0.878. The number of ether oxygens (including phenoxy) is 2. The van der Waals surface area contributed by atoms with Crippen molar-refractivity contribution in [1.29, 1.82) is 0 Å². The molecule has 0 fully saturated rings. The van der Waals surface area contributed by atoms with E-state index < -0.39 is 0 Å². The lowest BCUT2D eigenvalue weighted by Crippen LogP contribution is -2.22. The molecule has 0 unspecified atom stereocenters. The van der Waals surface area contributed by atoms with Crippen molar-refractivity contribution >= 4 is 0 Å². The molecule has 3 heteroatoms. The molecule has 0 saturated heterocycles. The molecule has 0 heterocycles. The van der Waals surface area contributed by atoms with Crippen LogP contribution >= 0.6 is 0 Å². The molecule has 0 aliphatic carbocycles. The average Bonchev–Trinajstić information content (AvgIpc) is 2.36. The fraction of sp³-hybridized carbons (Fsp3) is 0.500. The molecule has 0 radical (unpaired) electrons. The van der Waals surface area contributed by atoms with E-state index in [1.54, 1.807) is 7.11 Å². The van der Waals surface area contributed by atoms with Crippen molar-refractivity contribution in [2.24, 2.45) is 0 Å². The molecule has 1 N–H and O–H groups in total. The van der Waals surface area contributed by atoms with Crippen LogP contribution in [0.15, 0.2) is 30.4 Å². The standard InChI is InChI=1S/C16H25NO2/c1-12(2)8-9-19-16-7-6-15(18-5)10-14(16)11-17-13(3)4/h6-7,10,13,17H,1,8-9,11H2,2-5H3. The predicted molar refractivity (Wildman–Crippen MR) is 79.9 cm³/mol. The van der Waals surface area contributed by atoms with Gasteiger partial charge in [-0.15, -0.1) is 6.58 Å². The number of nitrogens with one attached hydrogen (secondary N) is 1. The Morgan fingerprint density at radius 1 is 1.37 bits per heavy atom. The van der Waals surface area contributed by atoms with Gasteiger partial charge in [-0.05, 0) is 25.1 Å². The van der Waals surface area contributed by atoms with Crippen molar-refractivity contribution in [3.05, 3.63) is 35.9 Å². The summed E-state index contributed by atoms with van der Waals surface area (Å²) in [6, 6.07) is 6.35. The van der Waals surface area contributed by atoms with E-state index in [9.17, 15) is 0 Å². The third-order valence-electron chi connectivity index (χ3n) is 2.75. The lowest BCUT2D eigenvalue weighted by Gasteiger charge is -2.15. The molecule has 19 heavy (non-hydrogen) atoms. The van der Waals surface area contributed by atoms with Gasteiger partial charge in [-0.2, -0.15) is 0 Å². The van der Waals surface area contributed by atoms with E-state index in [0.717, 1.165) is 35.6 Å². The van der Waals surface area contributed by atoms with Crippen LogP contribution in [0.5, 0.6) is 11.5 Å². The van der Waals surface area contributed by atoms with Gasteiger partial charge in [0.2, 0.25) is 0 Å². The second-order valence-electron chi connectivity index (χ2n) is 5.06. The maximum atomic E-state index is 5.82. The third-order valence-corrected chi connectivity index (χ3v) is 2.75. The van der Waals surface area contributed by atoms with E-state index in [0.29, 0.717) is 12.6 Å². The molecule has 0 spiro atoms. The van der Waals surface area contributed by atoms with Crippen LogP contribution < -0.4 is 14.8 Å². The van der Waals surface area contributed by atoms with E-state index in [1.807, 2.05) is 25.1 Å². The van der Waals surface area contributed by atoms with Gasteiger partial charge in [-0.25, -0.2) is 0 Å². The van der Waals surface area contributed by atoms with E-state index >= 15 is 0 Å². The fourth-order valence-corrected chi connectivity index (χ4v) is 1.61. The highest BCUT2D eigenvalue weighted by atomic mass is 16.5. The number of methoxy groups -OCH3 is 1. The lowest BCUT2D eigenvalue weighted by atomic mass is 10.1. The summed E-state index contributed by atoms with van der Waals surface area (Å²) in [6.45, 7) is 11.6. The number of rotatable bonds is 8. The Kier molecular flexibility index (Phi) is 6.43. The zero-order valence-electron chi connectivity index (χ0n) is 12.5. The zero-order valence-corrected chi connectivity index (χ0v) is 12.5. The highest BCUT2D eigenvalue weighted by Crippen LogP contribution is 2.24. The molecule has 1 aromatic rings. The van der Waals surface area contributed by atoms with Gasteiger partial charge in [0.25, 0.3) is 0 Å². The second kappa shape index (κ2) is 7.85. The van der Waals surface area contributed by atoms with Crippen LogP contribution in [-0.2, 0) is 6.54 Å². The zero-order chi connectivity index (χ0) is 14.3. The Morgan fingerprint density at radius 3 is 2.68 bits per heavy atom. The normalized spacial score (nSPS) is 10.6. The van der Waals surface area contributed by atoms with E-state index in [4.69, 9.17) is 9.47 Å². The molecule has 106 valence electrons.